The summed E-state index contributed by atoms with van der Waals surface area (Å²) >= 11 is 0. The van der Waals surface area contributed by atoms with E-state index < -0.39 is 35.6 Å². The molecule has 0 spiro atoms. The van der Waals surface area contributed by atoms with E-state index in [1.807, 2.05) is 5.32 Å². The third kappa shape index (κ3) is 3.41. The number of carbonyl (C=O) groups is 1. The summed E-state index contributed by atoms with van der Waals surface area (Å²) in [5, 5.41) is 12.1. The average molecular weight is 368 g/mol. The van der Waals surface area contributed by atoms with Crippen LogP contribution in [-0.2, 0) is 16.9 Å². The van der Waals surface area contributed by atoms with Gasteiger partial charge in [-0.05, 0) is 18.9 Å². The van der Waals surface area contributed by atoms with Crippen LogP contribution in [0.15, 0.2) is 42.6 Å². The van der Waals surface area contributed by atoms with Gasteiger partial charge in [-0.1, -0.05) is 30.3 Å². The summed E-state index contributed by atoms with van der Waals surface area (Å²) in [7, 11) is 0. The lowest BCUT2D eigenvalue weighted by molar-refractivity contribution is -0.257. The van der Waals surface area contributed by atoms with Gasteiger partial charge in [0.1, 0.15) is 5.82 Å². The molecule has 1 atom stereocenters. The molecular weight excluding hydrogens is 352 g/mol. The van der Waals surface area contributed by atoms with Crippen molar-refractivity contribution in [3.63, 3.8) is 0 Å². The lowest BCUT2D eigenvalue weighted by Crippen LogP contribution is -2.54. The van der Waals surface area contributed by atoms with Crippen molar-refractivity contribution in [2.24, 2.45) is 0 Å². The Kier molecular flexibility index (Phi) is 4.70. The van der Waals surface area contributed by atoms with E-state index >= 15 is 0 Å². The number of carbonyl (C=O) groups excluding carboxylic acids is 1. The normalized spacial score (nSPS) is 16.8. The van der Waals surface area contributed by atoms with Crippen molar-refractivity contribution >= 4 is 5.91 Å². The highest BCUT2D eigenvalue weighted by Gasteiger charge is 2.60. The zero-order chi connectivity index (χ0) is 18.9. The Bertz CT molecular complexity index is 807. The van der Waals surface area contributed by atoms with Crippen LogP contribution < -0.4 is 5.32 Å². The molecule has 4 nitrogen and oxygen atoms in total. The second-order valence-electron chi connectivity index (χ2n) is 6.23. The molecule has 2 N–H and O–H groups in total. The molecule has 0 saturated heterocycles. The number of nitrogens with one attached hydrogen (secondary N) is 1. The highest BCUT2D eigenvalue weighted by atomic mass is 19.4. The van der Waals surface area contributed by atoms with Gasteiger partial charge in [-0.25, -0.2) is 4.39 Å². The van der Waals surface area contributed by atoms with Crippen LogP contribution in [0, 0.1) is 5.82 Å². The Hall–Kier alpha value is -2.48. The summed E-state index contributed by atoms with van der Waals surface area (Å²) in [4.78, 5) is 16.2. The number of aliphatic hydroxyl groups is 1. The van der Waals surface area contributed by atoms with Crippen molar-refractivity contribution in [3.8, 4) is 0 Å². The van der Waals surface area contributed by atoms with Crippen molar-refractivity contribution in [1.29, 1.82) is 0 Å². The first-order valence-corrected chi connectivity index (χ1v) is 8.00. The van der Waals surface area contributed by atoms with Crippen molar-refractivity contribution in [1.82, 2.24) is 10.3 Å². The van der Waals surface area contributed by atoms with Crippen LogP contribution in [0.25, 0.3) is 0 Å². The van der Waals surface area contributed by atoms with E-state index in [1.165, 1.54) is 24.3 Å². The molecule has 1 saturated carbocycles. The number of alkyl halides is 3. The third-order valence-electron chi connectivity index (χ3n) is 4.32. The number of hydrogen-bond donors (Lipinski definition) is 2. The number of nitrogens with zero attached hydrogens (tertiary/aromatic N) is 1. The van der Waals surface area contributed by atoms with Gasteiger partial charge in [0, 0.05) is 29.3 Å². The van der Waals surface area contributed by atoms with Gasteiger partial charge in [-0.15, -0.1) is 0 Å². The molecule has 0 radical (unpaired) electrons. The maximum Gasteiger partial charge on any atom is 0.430 e. The minimum atomic E-state index is -5.24. The number of aromatic nitrogens is 1. The predicted molar refractivity (Wildman–Crippen MR) is 84.4 cm³/mol. The van der Waals surface area contributed by atoms with Gasteiger partial charge in [-0.3, -0.25) is 9.78 Å². The fraction of sp³-hybridized carbons (Fsp3) is 0.333. The van der Waals surface area contributed by atoms with E-state index in [9.17, 15) is 27.5 Å². The van der Waals surface area contributed by atoms with E-state index in [2.05, 4.69) is 4.98 Å². The number of hydrogen-bond acceptors (Lipinski definition) is 3. The van der Waals surface area contributed by atoms with Crippen LogP contribution in [0.5, 0.6) is 0 Å². The van der Waals surface area contributed by atoms with E-state index in [-0.39, 0.29) is 11.5 Å². The first-order valence-electron chi connectivity index (χ1n) is 8.00. The molecule has 1 aliphatic carbocycles. The van der Waals surface area contributed by atoms with Crippen molar-refractivity contribution in [2.75, 3.05) is 0 Å². The standard InChI is InChI=1S/C18H16F4N2O2/c19-14-10-23-15(11-6-7-11)8-12(14)9-24-16(25)17(26,18(20,21)22)13-4-2-1-3-5-13/h1-5,8,10-11,26H,6-7,9H2,(H,24,25)/t17-/m1/s1. The topological polar surface area (TPSA) is 62.2 Å². The predicted octanol–water partition coefficient (Wildman–Crippen LogP) is 3.16. The molecule has 1 amide bonds. The molecule has 0 unspecified atom stereocenters. The van der Waals surface area contributed by atoms with Gasteiger partial charge in [-0.2, -0.15) is 13.2 Å². The van der Waals surface area contributed by atoms with Gasteiger partial charge in [0.05, 0.1) is 6.20 Å². The second kappa shape index (κ2) is 6.68. The Morgan fingerprint density at radius 1 is 1.23 bits per heavy atom. The summed E-state index contributed by atoms with van der Waals surface area (Å²) in [6.07, 6.45) is -2.41. The molecule has 1 aliphatic rings. The molecule has 0 bridgehead atoms. The Morgan fingerprint density at radius 2 is 1.88 bits per heavy atom. The van der Waals surface area contributed by atoms with Crippen LogP contribution in [0.3, 0.4) is 0 Å². The minimum absolute atomic E-state index is 0.0211. The summed E-state index contributed by atoms with van der Waals surface area (Å²) < 4.78 is 54.1. The first-order chi connectivity index (χ1) is 12.2. The Labute approximate surface area is 146 Å². The van der Waals surface area contributed by atoms with Crippen LogP contribution >= 0.6 is 0 Å². The quantitative estimate of drug-likeness (QED) is 0.797. The Morgan fingerprint density at radius 3 is 2.46 bits per heavy atom. The summed E-state index contributed by atoms with van der Waals surface area (Å²) in [6, 6.07) is 7.47. The van der Waals surface area contributed by atoms with Gasteiger partial charge in [0.25, 0.3) is 11.5 Å². The molecule has 138 valence electrons. The van der Waals surface area contributed by atoms with E-state index in [0.29, 0.717) is 5.69 Å². The van der Waals surface area contributed by atoms with Crippen LogP contribution in [0.2, 0.25) is 0 Å². The lowest BCUT2D eigenvalue weighted by Gasteiger charge is -2.29. The lowest BCUT2D eigenvalue weighted by atomic mass is 9.92. The highest BCUT2D eigenvalue weighted by Crippen LogP contribution is 2.40. The zero-order valence-electron chi connectivity index (χ0n) is 13.6. The second-order valence-corrected chi connectivity index (χ2v) is 6.23. The molecule has 8 heteroatoms. The van der Waals surface area contributed by atoms with E-state index in [4.69, 9.17) is 0 Å². The van der Waals surface area contributed by atoms with Gasteiger partial charge in [0.15, 0.2) is 0 Å². The van der Waals surface area contributed by atoms with Crippen LogP contribution in [0.1, 0.15) is 35.6 Å². The Balaban J connectivity index is 1.82. The van der Waals surface area contributed by atoms with Crippen molar-refractivity contribution in [2.45, 2.75) is 37.1 Å². The summed E-state index contributed by atoms with van der Waals surface area (Å²) in [5.41, 5.74) is -3.67. The van der Waals surface area contributed by atoms with Crippen molar-refractivity contribution in [3.05, 3.63) is 65.2 Å². The number of rotatable bonds is 5. The van der Waals surface area contributed by atoms with E-state index in [1.54, 1.807) is 0 Å². The molecule has 0 aliphatic heterocycles. The van der Waals surface area contributed by atoms with E-state index in [0.717, 1.165) is 31.2 Å². The average Bonchev–Trinajstić information content (AvgIpc) is 3.45. The first kappa shape index (κ1) is 18.3. The monoisotopic (exact) mass is 368 g/mol. The maximum absolute atomic E-state index is 13.9. The minimum Gasteiger partial charge on any atom is -0.369 e. The SMILES string of the molecule is O=C(NCc1cc(C2CC2)ncc1F)[C@](O)(c1ccccc1)C(F)(F)F. The molecule has 1 aromatic heterocycles. The molecule has 3 rings (SSSR count). The van der Waals surface area contributed by atoms with Gasteiger partial charge in [0.2, 0.25) is 0 Å². The fourth-order valence-corrected chi connectivity index (χ4v) is 2.64. The molecule has 1 fully saturated rings. The molecule has 2 aromatic rings. The van der Waals surface area contributed by atoms with Gasteiger partial charge >= 0.3 is 6.18 Å². The number of benzene rings is 1. The molecule has 1 heterocycles. The van der Waals surface area contributed by atoms with Crippen molar-refractivity contribution < 1.29 is 27.5 Å². The number of amides is 1. The number of halogens is 4. The zero-order valence-corrected chi connectivity index (χ0v) is 13.6. The largest absolute Gasteiger partial charge is 0.430 e. The fourth-order valence-electron chi connectivity index (χ4n) is 2.64. The third-order valence-corrected chi connectivity index (χ3v) is 4.32. The summed E-state index contributed by atoms with van der Waals surface area (Å²) in [5.74, 6) is -2.17. The molecule has 1 aromatic carbocycles. The molecule has 26 heavy (non-hydrogen) atoms. The smallest absolute Gasteiger partial charge is 0.369 e. The highest BCUT2D eigenvalue weighted by molar-refractivity contribution is 5.87. The number of pyridine rings is 1. The van der Waals surface area contributed by atoms with Crippen LogP contribution in [-0.4, -0.2) is 22.2 Å². The molecular formula is C18H16F4N2O2. The summed E-state index contributed by atoms with van der Waals surface area (Å²) in [6.45, 7) is -0.488. The maximum atomic E-state index is 13.9. The van der Waals surface area contributed by atoms with Gasteiger partial charge < -0.3 is 10.4 Å². The van der Waals surface area contributed by atoms with Crippen LogP contribution in [0.4, 0.5) is 17.6 Å².